The van der Waals surface area contributed by atoms with Crippen LogP contribution in [0, 0.1) is 11.7 Å². The minimum absolute atomic E-state index is 0.144. The fraction of sp³-hybridized carbons (Fsp3) is 0.600. The minimum Gasteiger partial charge on any atom is -0.317 e. The highest BCUT2D eigenvalue weighted by atomic mass is 79.9. The predicted octanol–water partition coefficient (Wildman–Crippen LogP) is 4.30. The van der Waals surface area contributed by atoms with Gasteiger partial charge in [0.15, 0.2) is 0 Å². The van der Waals surface area contributed by atoms with E-state index in [0.29, 0.717) is 12.0 Å². The molecule has 1 fully saturated rings. The molecule has 0 spiro atoms. The van der Waals surface area contributed by atoms with E-state index in [4.69, 9.17) is 0 Å². The van der Waals surface area contributed by atoms with Crippen LogP contribution in [0.15, 0.2) is 22.7 Å². The van der Waals surface area contributed by atoms with E-state index in [2.05, 4.69) is 21.2 Å². The first-order valence-corrected chi connectivity index (χ1v) is 7.60. The highest BCUT2D eigenvalue weighted by molar-refractivity contribution is 9.10. The Kier molecular flexibility index (Phi) is 5.19. The second kappa shape index (κ2) is 6.67. The number of rotatable bonds is 3. The molecule has 1 saturated carbocycles. The van der Waals surface area contributed by atoms with Gasteiger partial charge in [-0.15, -0.1) is 0 Å². The van der Waals surface area contributed by atoms with Crippen molar-refractivity contribution in [1.82, 2.24) is 5.32 Å². The molecule has 1 aromatic carbocycles. The van der Waals surface area contributed by atoms with E-state index in [0.717, 1.165) is 16.5 Å². The molecule has 0 heterocycles. The van der Waals surface area contributed by atoms with Crippen molar-refractivity contribution in [3.05, 3.63) is 34.1 Å². The summed E-state index contributed by atoms with van der Waals surface area (Å²) in [5, 5.41) is 3.44. The molecule has 3 heteroatoms. The maximum Gasteiger partial charge on any atom is 0.124 e. The standard InChI is InChI=1S/C15H21BrFN/c1-18-15-6-4-2-3-5-12(15)7-11-8-13(16)10-14(17)9-11/h8-10,12,15,18H,2-7H2,1H3. The molecular formula is C15H21BrFN. The van der Waals surface area contributed by atoms with E-state index < -0.39 is 0 Å². The quantitative estimate of drug-likeness (QED) is 0.820. The van der Waals surface area contributed by atoms with Gasteiger partial charge < -0.3 is 5.32 Å². The lowest BCUT2D eigenvalue weighted by molar-refractivity contribution is 0.350. The lowest BCUT2D eigenvalue weighted by Crippen LogP contribution is -2.33. The van der Waals surface area contributed by atoms with Crippen molar-refractivity contribution in [2.24, 2.45) is 5.92 Å². The number of halogens is 2. The van der Waals surface area contributed by atoms with Crippen molar-refractivity contribution in [2.45, 2.75) is 44.6 Å². The van der Waals surface area contributed by atoms with Crippen LogP contribution in [0.25, 0.3) is 0 Å². The Bertz CT molecular complexity index is 374. The first kappa shape index (κ1) is 14.0. The Balaban J connectivity index is 2.09. The third kappa shape index (κ3) is 3.79. The van der Waals surface area contributed by atoms with Crippen molar-refractivity contribution in [3.63, 3.8) is 0 Å². The van der Waals surface area contributed by atoms with Crippen LogP contribution in [0.2, 0.25) is 0 Å². The normalized spacial score (nSPS) is 24.8. The van der Waals surface area contributed by atoms with E-state index in [1.165, 1.54) is 38.2 Å². The van der Waals surface area contributed by atoms with Gasteiger partial charge in [0, 0.05) is 10.5 Å². The Morgan fingerprint density at radius 2 is 2.00 bits per heavy atom. The van der Waals surface area contributed by atoms with E-state index in [1.54, 1.807) is 6.07 Å². The molecular weight excluding hydrogens is 293 g/mol. The van der Waals surface area contributed by atoms with Gasteiger partial charge in [0.2, 0.25) is 0 Å². The van der Waals surface area contributed by atoms with E-state index in [-0.39, 0.29) is 5.82 Å². The zero-order chi connectivity index (χ0) is 13.0. The van der Waals surface area contributed by atoms with Gasteiger partial charge in [-0.2, -0.15) is 0 Å². The average molecular weight is 314 g/mol. The number of hydrogen-bond donors (Lipinski definition) is 1. The molecule has 1 N–H and O–H groups in total. The average Bonchev–Trinajstić information content (AvgIpc) is 2.52. The molecule has 1 nitrogen and oxygen atoms in total. The van der Waals surface area contributed by atoms with Crippen molar-refractivity contribution in [2.75, 3.05) is 7.05 Å². The monoisotopic (exact) mass is 313 g/mol. The second-order valence-electron chi connectivity index (χ2n) is 5.28. The minimum atomic E-state index is -0.144. The fourth-order valence-electron chi connectivity index (χ4n) is 3.04. The summed E-state index contributed by atoms with van der Waals surface area (Å²) in [5.41, 5.74) is 1.11. The van der Waals surface area contributed by atoms with E-state index in [9.17, 15) is 4.39 Å². The molecule has 1 aliphatic rings. The van der Waals surface area contributed by atoms with Gasteiger partial charge in [0.05, 0.1) is 0 Å². The molecule has 1 aliphatic carbocycles. The van der Waals surface area contributed by atoms with Crippen LogP contribution in [0.1, 0.15) is 37.7 Å². The third-order valence-electron chi connectivity index (χ3n) is 3.95. The van der Waals surface area contributed by atoms with Crippen molar-refractivity contribution >= 4 is 15.9 Å². The maximum atomic E-state index is 13.4. The number of hydrogen-bond acceptors (Lipinski definition) is 1. The molecule has 2 atom stereocenters. The van der Waals surface area contributed by atoms with Crippen LogP contribution in [-0.2, 0) is 6.42 Å². The predicted molar refractivity (Wildman–Crippen MR) is 77.2 cm³/mol. The van der Waals surface area contributed by atoms with Crippen LogP contribution >= 0.6 is 15.9 Å². The van der Waals surface area contributed by atoms with Crippen molar-refractivity contribution < 1.29 is 4.39 Å². The molecule has 100 valence electrons. The van der Waals surface area contributed by atoms with Crippen LogP contribution in [-0.4, -0.2) is 13.1 Å². The van der Waals surface area contributed by atoms with Gasteiger partial charge in [-0.25, -0.2) is 4.39 Å². The Hall–Kier alpha value is -0.410. The summed E-state index contributed by atoms with van der Waals surface area (Å²) >= 11 is 3.37. The van der Waals surface area contributed by atoms with Gasteiger partial charge in [0.1, 0.15) is 5.82 Å². The zero-order valence-corrected chi connectivity index (χ0v) is 12.5. The van der Waals surface area contributed by atoms with Gasteiger partial charge in [-0.1, -0.05) is 35.2 Å². The molecule has 0 aliphatic heterocycles. The molecule has 0 aromatic heterocycles. The molecule has 1 aromatic rings. The molecule has 2 rings (SSSR count). The number of benzene rings is 1. The maximum absolute atomic E-state index is 13.4. The van der Waals surface area contributed by atoms with E-state index >= 15 is 0 Å². The molecule has 0 amide bonds. The van der Waals surface area contributed by atoms with Gasteiger partial charge in [-0.05, 0) is 56.0 Å². The zero-order valence-electron chi connectivity index (χ0n) is 10.9. The Morgan fingerprint density at radius 3 is 2.72 bits per heavy atom. The second-order valence-corrected chi connectivity index (χ2v) is 6.19. The SMILES string of the molecule is CNC1CCCCCC1Cc1cc(F)cc(Br)c1. The van der Waals surface area contributed by atoms with Crippen LogP contribution < -0.4 is 5.32 Å². The molecule has 18 heavy (non-hydrogen) atoms. The van der Waals surface area contributed by atoms with E-state index in [1.807, 2.05) is 13.1 Å². The molecule has 0 saturated heterocycles. The topological polar surface area (TPSA) is 12.0 Å². The van der Waals surface area contributed by atoms with Crippen LogP contribution in [0.4, 0.5) is 4.39 Å². The summed E-state index contributed by atoms with van der Waals surface area (Å²) in [6.45, 7) is 0. The summed E-state index contributed by atoms with van der Waals surface area (Å²) in [7, 11) is 2.05. The van der Waals surface area contributed by atoms with Crippen LogP contribution in [0.5, 0.6) is 0 Å². The Morgan fingerprint density at radius 1 is 1.22 bits per heavy atom. The van der Waals surface area contributed by atoms with Crippen molar-refractivity contribution in [3.8, 4) is 0 Å². The lowest BCUT2D eigenvalue weighted by atomic mass is 9.88. The lowest BCUT2D eigenvalue weighted by Gasteiger charge is -2.25. The Labute approximate surface area is 117 Å². The largest absolute Gasteiger partial charge is 0.317 e. The first-order valence-electron chi connectivity index (χ1n) is 6.81. The van der Waals surface area contributed by atoms with Crippen molar-refractivity contribution in [1.29, 1.82) is 0 Å². The number of nitrogens with one attached hydrogen (secondary N) is 1. The van der Waals surface area contributed by atoms with Crippen LogP contribution in [0.3, 0.4) is 0 Å². The highest BCUT2D eigenvalue weighted by Gasteiger charge is 2.22. The van der Waals surface area contributed by atoms with Gasteiger partial charge >= 0.3 is 0 Å². The van der Waals surface area contributed by atoms with Gasteiger partial charge in [0.25, 0.3) is 0 Å². The fourth-order valence-corrected chi connectivity index (χ4v) is 3.55. The molecule has 0 radical (unpaired) electrons. The summed E-state index contributed by atoms with van der Waals surface area (Å²) in [5.74, 6) is 0.486. The summed E-state index contributed by atoms with van der Waals surface area (Å²) < 4.78 is 14.2. The van der Waals surface area contributed by atoms with Gasteiger partial charge in [-0.3, -0.25) is 0 Å². The molecule has 2 unspecified atom stereocenters. The summed E-state index contributed by atoms with van der Waals surface area (Å²) in [4.78, 5) is 0. The summed E-state index contributed by atoms with van der Waals surface area (Å²) in [6.07, 6.45) is 7.43. The molecule has 0 bridgehead atoms. The highest BCUT2D eigenvalue weighted by Crippen LogP contribution is 2.27. The first-order chi connectivity index (χ1) is 8.69. The smallest absolute Gasteiger partial charge is 0.124 e. The summed E-state index contributed by atoms with van der Waals surface area (Å²) in [6, 6.07) is 5.81. The third-order valence-corrected chi connectivity index (χ3v) is 4.41.